The lowest BCUT2D eigenvalue weighted by Crippen LogP contribution is -2.55. The number of carbonyl (C=O) groups excluding carboxylic acids is 8. The van der Waals surface area contributed by atoms with Crippen LogP contribution in [-0.4, -0.2) is 120 Å². The van der Waals surface area contributed by atoms with E-state index in [1.165, 1.54) is 24.0 Å². The van der Waals surface area contributed by atoms with Crippen LogP contribution in [0.3, 0.4) is 0 Å². The molecule has 64 heavy (non-hydrogen) atoms. The Kier molecular flexibility index (Phi) is 17.7. The van der Waals surface area contributed by atoms with Gasteiger partial charge in [0.25, 0.3) is 0 Å². The number of alkyl carbamates (subject to hydrolysis) is 1. The van der Waals surface area contributed by atoms with E-state index in [1.807, 2.05) is 0 Å². The number of rotatable bonds is 14. The Morgan fingerprint density at radius 2 is 1.12 bits per heavy atom. The number of carbonyl (C=O) groups is 8. The SMILES string of the molecule is COC(=O)[C@@H]1C[C@H](NC(=O)C2CCC(C(=O)C[C@H]3C[C@@H](C(=O)OC)N(C(=O)[C@@H](NC(=O)OC(C)(C)C)C4CCCCC4)C3)CC2)CN1C(=O)[C@@H](CC(=O)OC(C)(C)C)C1CCCCC1. The number of nitrogens with one attached hydrogen (secondary N) is 2. The van der Waals surface area contributed by atoms with E-state index in [2.05, 4.69) is 10.6 Å². The van der Waals surface area contributed by atoms with E-state index in [1.54, 1.807) is 41.5 Å². The maximum atomic E-state index is 14.3. The van der Waals surface area contributed by atoms with Gasteiger partial charge in [-0.25, -0.2) is 14.4 Å². The van der Waals surface area contributed by atoms with E-state index >= 15 is 0 Å². The largest absolute Gasteiger partial charge is 0.467 e. The molecule has 0 aromatic rings. The van der Waals surface area contributed by atoms with Gasteiger partial charge in [-0.05, 0) is 117 Å². The minimum Gasteiger partial charge on any atom is -0.467 e. The molecular weight excluding hydrogens is 825 g/mol. The molecule has 3 saturated carbocycles. The highest BCUT2D eigenvalue weighted by Gasteiger charge is 2.48. The summed E-state index contributed by atoms with van der Waals surface area (Å²) in [7, 11) is 2.55. The van der Waals surface area contributed by atoms with Crippen molar-refractivity contribution < 1.29 is 57.3 Å². The molecule has 2 aliphatic heterocycles. The first-order chi connectivity index (χ1) is 30.2. The van der Waals surface area contributed by atoms with Crippen molar-refractivity contribution >= 4 is 47.5 Å². The van der Waals surface area contributed by atoms with Crippen molar-refractivity contribution in [2.24, 2.45) is 35.5 Å². The molecule has 0 spiro atoms. The Bertz CT molecular complexity index is 1560. The first kappa shape index (κ1) is 50.8. The van der Waals surface area contributed by atoms with Gasteiger partial charge in [0.2, 0.25) is 17.7 Å². The lowest BCUT2D eigenvalue weighted by molar-refractivity contribution is -0.161. The van der Waals surface area contributed by atoms with Gasteiger partial charge in [0.15, 0.2) is 0 Å². The zero-order chi connectivity index (χ0) is 46.9. The van der Waals surface area contributed by atoms with Crippen LogP contribution in [0.4, 0.5) is 4.79 Å². The van der Waals surface area contributed by atoms with Crippen LogP contribution in [0, 0.1) is 35.5 Å². The van der Waals surface area contributed by atoms with Crippen LogP contribution in [0.1, 0.15) is 157 Å². The second kappa shape index (κ2) is 22.3. The number of hydrogen-bond acceptors (Lipinski definition) is 12. The molecule has 0 unspecified atom stereocenters. The van der Waals surface area contributed by atoms with Crippen molar-refractivity contribution in [2.45, 2.75) is 192 Å². The maximum Gasteiger partial charge on any atom is 0.408 e. The maximum absolute atomic E-state index is 14.3. The van der Waals surface area contributed by atoms with Gasteiger partial charge in [0.1, 0.15) is 35.1 Å². The van der Waals surface area contributed by atoms with Gasteiger partial charge in [0.05, 0.1) is 26.6 Å². The first-order valence-corrected chi connectivity index (χ1v) is 24.0. The molecule has 0 aromatic carbocycles. The predicted octanol–water partition coefficient (Wildman–Crippen LogP) is 5.80. The normalized spacial score (nSPS) is 26.9. The molecule has 0 aromatic heterocycles. The summed E-state index contributed by atoms with van der Waals surface area (Å²) < 4.78 is 21.4. The summed E-state index contributed by atoms with van der Waals surface area (Å²) in [5, 5.41) is 5.92. The molecule has 3 aliphatic carbocycles. The Morgan fingerprint density at radius 3 is 1.67 bits per heavy atom. The number of hydrogen-bond donors (Lipinski definition) is 2. The number of likely N-dealkylation sites (tertiary alicyclic amines) is 2. The number of nitrogens with zero attached hydrogens (tertiary/aromatic N) is 2. The molecule has 0 bridgehead atoms. The standard InChI is InChI=1S/C48H76N4O12/c1-47(2,3)63-39(54)26-35(30-15-11-9-12-16-30)42(56)52-28-34(25-37(52)45(59)62-8)49-41(55)33-21-19-31(20-22-33)38(53)24-29-23-36(44(58)61-7)51(27-29)43(57)40(32-17-13-10-14-18-32)50-46(60)64-48(4,5)6/h29-37,40H,9-28H2,1-8H3,(H,49,55)(H,50,60)/t29-,31?,33?,34+,35+,36+,37+,40+/m1/s1. The Hall–Kier alpha value is -4.24. The average Bonchev–Trinajstić information content (AvgIpc) is 3.87. The molecule has 2 saturated heterocycles. The van der Waals surface area contributed by atoms with E-state index in [9.17, 15) is 38.4 Å². The first-order valence-electron chi connectivity index (χ1n) is 24.0. The van der Waals surface area contributed by atoms with E-state index in [0.29, 0.717) is 25.7 Å². The van der Waals surface area contributed by atoms with Gasteiger partial charge < -0.3 is 39.4 Å². The summed E-state index contributed by atoms with van der Waals surface area (Å²) >= 11 is 0. The average molecular weight is 901 g/mol. The Balaban J connectivity index is 1.17. The second-order valence-corrected chi connectivity index (χ2v) is 21.1. The number of amides is 4. The molecule has 5 fully saturated rings. The zero-order valence-electron chi connectivity index (χ0n) is 39.7. The third kappa shape index (κ3) is 13.9. The fourth-order valence-corrected chi connectivity index (χ4v) is 10.9. The van der Waals surface area contributed by atoms with E-state index < -0.39 is 65.3 Å². The minimum absolute atomic E-state index is 0.0188. The van der Waals surface area contributed by atoms with Crippen molar-refractivity contribution in [3.05, 3.63) is 0 Å². The van der Waals surface area contributed by atoms with Crippen LogP contribution in [0.2, 0.25) is 0 Å². The molecule has 0 radical (unpaired) electrons. The quantitative estimate of drug-likeness (QED) is 0.157. The van der Waals surface area contributed by atoms with Crippen molar-refractivity contribution in [1.29, 1.82) is 0 Å². The monoisotopic (exact) mass is 901 g/mol. The molecule has 16 nitrogen and oxygen atoms in total. The zero-order valence-corrected chi connectivity index (χ0v) is 39.7. The molecule has 360 valence electrons. The summed E-state index contributed by atoms with van der Waals surface area (Å²) in [6, 6.07) is -3.16. The summed E-state index contributed by atoms with van der Waals surface area (Å²) in [6.07, 6.45) is 10.9. The van der Waals surface area contributed by atoms with E-state index in [4.69, 9.17) is 18.9 Å². The van der Waals surface area contributed by atoms with Crippen molar-refractivity contribution in [1.82, 2.24) is 20.4 Å². The van der Waals surface area contributed by atoms with E-state index in [0.717, 1.165) is 64.2 Å². The molecule has 4 amide bonds. The Labute approximate surface area is 379 Å². The lowest BCUT2D eigenvalue weighted by Gasteiger charge is -2.34. The van der Waals surface area contributed by atoms with Crippen LogP contribution < -0.4 is 10.6 Å². The predicted molar refractivity (Wildman–Crippen MR) is 235 cm³/mol. The van der Waals surface area contributed by atoms with Gasteiger partial charge >= 0.3 is 24.0 Å². The highest BCUT2D eigenvalue weighted by molar-refractivity contribution is 5.92. The van der Waals surface area contributed by atoms with Gasteiger partial charge in [0, 0.05) is 43.8 Å². The summed E-state index contributed by atoms with van der Waals surface area (Å²) in [5.74, 6) is -4.11. The fourth-order valence-electron chi connectivity index (χ4n) is 10.9. The number of Topliss-reactive ketones (excluding diaryl/α,β-unsaturated/α-hetero) is 1. The molecule has 16 heteroatoms. The highest BCUT2D eigenvalue weighted by atomic mass is 16.6. The molecule has 2 heterocycles. The van der Waals surface area contributed by atoms with Gasteiger partial charge in [-0.15, -0.1) is 0 Å². The smallest absolute Gasteiger partial charge is 0.408 e. The van der Waals surface area contributed by atoms with Crippen LogP contribution in [-0.2, 0) is 52.5 Å². The summed E-state index contributed by atoms with van der Waals surface area (Å²) in [5.41, 5.74) is -1.47. The Morgan fingerprint density at radius 1 is 0.609 bits per heavy atom. The third-order valence-electron chi connectivity index (χ3n) is 14.0. The summed E-state index contributed by atoms with van der Waals surface area (Å²) in [4.78, 5) is 111. The van der Waals surface area contributed by atoms with Crippen LogP contribution in [0.15, 0.2) is 0 Å². The summed E-state index contributed by atoms with van der Waals surface area (Å²) in [6.45, 7) is 10.9. The number of esters is 3. The van der Waals surface area contributed by atoms with E-state index in [-0.39, 0.29) is 91.9 Å². The number of ether oxygens (including phenoxy) is 4. The van der Waals surface area contributed by atoms with Crippen LogP contribution in [0.5, 0.6) is 0 Å². The van der Waals surface area contributed by atoms with Crippen molar-refractivity contribution in [2.75, 3.05) is 27.3 Å². The van der Waals surface area contributed by atoms with Crippen molar-refractivity contribution in [3.8, 4) is 0 Å². The lowest BCUT2D eigenvalue weighted by atomic mass is 9.77. The van der Waals surface area contributed by atoms with Crippen LogP contribution >= 0.6 is 0 Å². The fraction of sp³-hybridized carbons (Fsp3) is 0.833. The topological polar surface area (TPSA) is 204 Å². The number of ketones is 1. The highest BCUT2D eigenvalue weighted by Crippen LogP contribution is 2.38. The number of methoxy groups -OCH3 is 2. The minimum atomic E-state index is -0.902. The molecule has 5 rings (SSSR count). The van der Waals surface area contributed by atoms with Crippen LogP contribution in [0.25, 0.3) is 0 Å². The second-order valence-electron chi connectivity index (χ2n) is 21.1. The van der Waals surface area contributed by atoms with Gasteiger partial charge in [-0.1, -0.05) is 38.5 Å². The van der Waals surface area contributed by atoms with Gasteiger partial charge in [-0.3, -0.25) is 24.0 Å². The van der Waals surface area contributed by atoms with Crippen molar-refractivity contribution in [3.63, 3.8) is 0 Å². The molecule has 5 aliphatic rings. The third-order valence-corrected chi connectivity index (χ3v) is 14.0. The molecular formula is C48H76N4O12. The molecule has 6 atom stereocenters. The molecule has 2 N–H and O–H groups in total. The van der Waals surface area contributed by atoms with Gasteiger partial charge in [-0.2, -0.15) is 0 Å².